The van der Waals surface area contributed by atoms with Gasteiger partial charge in [-0.3, -0.25) is 11.3 Å². The molecule has 1 aliphatic carbocycles. The first-order valence-electron chi connectivity index (χ1n) is 7.23. The molecule has 3 N–H and O–H groups in total. The minimum absolute atomic E-state index is 0.473. The fourth-order valence-corrected chi connectivity index (χ4v) is 3.04. The molecule has 0 saturated heterocycles. The summed E-state index contributed by atoms with van der Waals surface area (Å²) in [6.45, 7) is 4.56. The lowest BCUT2D eigenvalue weighted by Crippen LogP contribution is -2.43. The number of rotatable bonds is 5. The van der Waals surface area contributed by atoms with Gasteiger partial charge in [-0.1, -0.05) is 38.1 Å². The number of hydrogen-bond donors (Lipinski definition) is 2. The van der Waals surface area contributed by atoms with E-state index in [4.69, 9.17) is 5.84 Å². The minimum atomic E-state index is 0.473. The fraction of sp³-hybridized carbons (Fsp3) is 0.625. The van der Waals surface area contributed by atoms with E-state index in [1.807, 2.05) is 0 Å². The van der Waals surface area contributed by atoms with Gasteiger partial charge in [0.1, 0.15) is 0 Å². The van der Waals surface area contributed by atoms with Crippen LogP contribution >= 0.6 is 0 Å². The molecule has 0 heterocycles. The zero-order chi connectivity index (χ0) is 13.0. The van der Waals surface area contributed by atoms with Crippen LogP contribution in [-0.4, -0.2) is 6.04 Å². The summed E-state index contributed by atoms with van der Waals surface area (Å²) in [6.07, 6.45) is 6.11. The molecule has 2 nitrogen and oxygen atoms in total. The molecule has 0 saturated carbocycles. The average Bonchev–Trinajstić information content (AvgIpc) is 2.39. The van der Waals surface area contributed by atoms with Crippen LogP contribution in [0.3, 0.4) is 0 Å². The van der Waals surface area contributed by atoms with E-state index in [9.17, 15) is 0 Å². The molecule has 2 atom stereocenters. The lowest BCUT2D eigenvalue weighted by atomic mass is 9.78. The van der Waals surface area contributed by atoms with Gasteiger partial charge in [0, 0.05) is 6.04 Å². The SMILES string of the molecule is CC(C)CCC(NN)C1CCc2ccccc2C1. The first kappa shape index (κ1) is 13.6. The summed E-state index contributed by atoms with van der Waals surface area (Å²) in [6, 6.07) is 9.32. The Labute approximate surface area is 111 Å². The molecule has 2 unspecified atom stereocenters. The fourth-order valence-electron chi connectivity index (χ4n) is 3.04. The number of fused-ring (bicyclic) bond motifs is 1. The van der Waals surface area contributed by atoms with E-state index in [-0.39, 0.29) is 0 Å². The van der Waals surface area contributed by atoms with Crippen molar-refractivity contribution in [3.8, 4) is 0 Å². The van der Waals surface area contributed by atoms with Crippen LogP contribution in [0.15, 0.2) is 24.3 Å². The molecular weight excluding hydrogens is 220 g/mol. The Kier molecular flexibility index (Phi) is 4.79. The summed E-state index contributed by atoms with van der Waals surface area (Å²) < 4.78 is 0. The predicted octanol–water partition coefficient (Wildman–Crippen LogP) is 3.06. The zero-order valence-electron chi connectivity index (χ0n) is 11.7. The Morgan fingerprint density at radius 2 is 1.94 bits per heavy atom. The van der Waals surface area contributed by atoms with Crippen LogP contribution in [0, 0.1) is 11.8 Å². The van der Waals surface area contributed by atoms with E-state index in [0.29, 0.717) is 12.0 Å². The van der Waals surface area contributed by atoms with Gasteiger partial charge in [0.25, 0.3) is 0 Å². The van der Waals surface area contributed by atoms with Crippen molar-refractivity contribution in [1.82, 2.24) is 5.43 Å². The summed E-state index contributed by atoms with van der Waals surface area (Å²) in [5, 5.41) is 0. The highest BCUT2D eigenvalue weighted by Gasteiger charge is 2.25. The van der Waals surface area contributed by atoms with E-state index in [0.717, 1.165) is 5.92 Å². The van der Waals surface area contributed by atoms with E-state index < -0.39 is 0 Å². The van der Waals surface area contributed by atoms with Gasteiger partial charge in [-0.25, -0.2) is 0 Å². The highest BCUT2D eigenvalue weighted by atomic mass is 15.2. The summed E-state index contributed by atoms with van der Waals surface area (Å²) in [5.74, 6) is 7.22. The third-order valence-electron chi connectivity index (χ3n) is 4.22. The Balaban J connectivity index is 1.98. The van der Waals surface area contributed by atoms with Gasteiger partial charge in [-0.05, 0) is 55.1 Å². The normalized spacial score (nSPS) is 20.8. The highest BCUT2D eigenvalue weighted by molar-refractivity contribution is 5.29. The van der Waals surface area contributed by atoms with Crippen LogP contribution in [0.1, 0.15) is 44.2 Å². The first-order chi connectivity index (χ1) is 8.70. The van der Waals surface area contributed by atoms with Gasteiger partial charge < -0.3 is 0 Å². The molecule has 2 rings (SSSR count). The van der Waals surface area contributed by atoms with Crippen molar-refractivity contribution >= 4 is 0 Å². The second kappa shape index (κ2) is 6.35. The quantitative estimate of drug-likeness (QED) is 0.619. The predicted molar refractivity (Wildman–Crippen MR) is 77.1 cm³/mol. The Hall–Kier alpha value is -0.860. The first-order valence-corrected chi connectivity index (χ1v) is 7.23. The molecule has 1 aromatic carbocycles. The zero-order valence-corrected chi connectivity index (χ0v) is 11.7. The molecule has 1 aliphatic rings. The molecular formula is C16H26N2. The standard InChI is InChI=1S/C16H26N2/c1-12(2)7-10-16(18-17)15-9-8-13-5-3-4-6-14(13)11-15/h3-6,12,15-16,18H,7-11,17H2,1-2H3. The Bertz CT molecular complexity index is 373. The summed E-state index contributed by atoms with van der Waals surface area (Å²) in [7, 11) is 0. The second-order valence-corrected chi connectivity index (χ2v) is 6.02. The number of hydrogen-bond acceptors (Lipinski definition) is 2. The van der Waals surface area contributed by atoms with Gasteiger partial charge >= 0.3 is 0 Å². The summed E-state index contributed by atoms with van der Waals surface area (Å²) >= 11 is 0. The number of nitrogens with one attached hydrogen (secondary N) is 1. The van der Waals surface area contributed by atoms with Gasteiger partial charge in [0.2, 0.25) is 0 Å². The molecule has 0 aromatic heterocycles. The van der Waals surface area contributed by atoms with Crippen LogP contribution in [0.5, 0.6) is 0 Å². The van der Waals surface area contributed by atoms with Crippen molar-refractivity contribution in [2.75, 3.05) is 0 Å². The average molecular weight is 246 g/mol. The topological polar surface area (TPSA) is 38.0 Å². The summed E-state index contributed by atoms with van der Waals surface area (Å²) in [4.78, 5) is 0. The van der Waals surface area contributed by atoms with E-state index in [1.54, 1.807) is 0 Å². The van der Waals surface area contributed by atoms with Gasteiger partial charge in [0.05, 0.1) is 0 Å². The Morgan fingerprint density at radius 3 is 2.61 bits per heavy atom. The number of hydrazine groups is 1. The minimum Gasteiger partial charge on any atom is -0.271 e. The van der Waals surface area contributed by atoms with Crippen molar-refractivity contribution in [2.45, 2.75) is 52.0 Å². The van der Waals surface area contributed by atoms with Crippen LogP contribution in [-0.2, 0) is 12.8 Å². The van der Waals surface area contributed by atoms with Crippen LogP contribution in [0.25, 0.3) is 0 Å². The van der Waals surface area contributed by atoms with E-state index in [2.05, 4.69) is 43.5 Å². The van der Waals surface area contributed by atoms with Crippen LogP contribution in [0.4, 0.5) is 0 Å². The lowest BCUT2D eigenvalue weighted by Gasteiger charge is -2.31. The highest BCUT2D eigenvalue weighted by Crippen LogP contribution is 2.29. The third-order valence-corrected chi connectivity index (χ3v) is 4.22. The molecule has 18 heavy (non-hydrogen) atoms. The van der Waals surface area contributed by atoms with Crippen molar-refractivity contribution in [2.24, 2.45) is 17.7 Å². The van der Waals surface area contributed by atoms with Crippen molar-refractivity contribution in [3.05, 3.63) is 35.4 Å². The van der Waals surface area contributed by atoms with Gasteiger partial charge in [-0.2, -0.15) is 0 Å². The number of nitrogens with two attached hydrogens (primary N) is 1. The van der Waals surface area contributed by atoms with Crippen molar-refractivity contribution < 1.29 is 0 Å². The maximum absolute atomic E-state index is 5.76. The third kappa shape index (κ3) is 3.33. The molecule has 0 fully saturated rings. The second-order valence-electron chi connectivity index (χ2n) is 6.02. The molecule has 0 radical (unpaired) electrons. The molecule has 0 spiro atoms. The van der Waals surface area contributed by atoms with Gasteiger partial charge in [0.15, 0.2) is 0 Å². The maximum atomic E-state index is 5.76. The molecule has 1 aromatic rings. The lowest BCUT2D eigenvalue weighted by molar-refractivity contribution is 0.293. The van der Waals surface area contributed by atoms with Crippen molar-refractivity contribution in [1.29, 1.82) is 0 Å². The van der Waals surface area contributed by atoms with Crippen molar-refractivity contribution in [3.63, 3.8) is 0 Å². The van der Waals surface area contributed by atoms with Crippen LogP contribution in [0.2, 0.25) is 0 Å². The van der Waals surface area contributed by atoms with Crippen LogP contribution < -0.4 is 11.3 Å². The molecule has 2 heteroatoms. The molecule has 0 amide bonds. The monoisotopic (exact) mass is 246 g/mol. The van der Waals surface area contributed by atoms with E-state index >= 15 is 0 Å². The number of aryl methyl sites for hydroxylation is 1. The Morgan fingerprint density at radius 1 is 1.22 bits per heavy atom. The molecule has 0 bridgehead atoms. The molecule has 0 aliphatic heterocycles. The van der Waals surface area contributed by atoms with Gasteiger partial charge in [-0.15, -0.1) is 0 Å². The van der Waals surface area contributed by atoms with E-state index in [1.165, 1.54) is 43.2 Å². The molecule has 100 valence electrons. The smallest absolute Gasteiger partial charge is 0.0242 e. The maximum Gasteiger partial charge on any atom is 0.0242 e. The summed E-state index contributed by atoms with van der Waals surface area (Å²) in [5.41, 5.74) is 6.12. The number of benzene rings is 1. The largest absolute Gasteiger partial charge is 0.271 e.